The van der Waals surface area contributed by atoms with E-state index in [4.69, 9.17) is 10.00 Å². The molecule has 8 nitrogen and oxygen atoms in total. The van der Waals surface area contributed by atoms with E-state index in [1.165, 1.54) is 25.3 Å². The largest absolute Gasteiger partial charge is 0.490 e. The molecule has 0 radical (unpaired) electrons. The maximum atomic E-state index is 12.6. The van der Waals surface area contributed by atoms with E-state index in [9.17, 15) is 19.7 Å². The van der Waals surface area contributed by atoms with Crippen LogP contribution in [0, 0.1) is 21.4 Å². The van der Waals surface area contributed by atoms with Crippen LogP contribution in [0.3, 0.4) is 0 Å². The fourth-order valence-electron chi connectivity index (χ4n) is 2.66. The zero-order valence-electron chi connectivity index (χ0n) is 14.6. The lowest BCUT2D eigenvalue weighted by Crippen LogP contribution is -2.27. The van der Waals surface area contributed by atoms with E-state index < -0.39 is 16.1 Å². The molecule has 0 N–H and O–H groups in total. The van der Waals surface area contributed by atoms with Crippen LogP contribution in [0.1, 0.15) is 16.7 Å². The molecule has 2 amide bonds. The standard InChI is InChI=1S/C19H13N3O5S/c1-27-16-7-6-12(8-15(16)22(25)26)9-17-18(23)21(19(24)28-17)11-14-5-3-2-4-13(14)10-20/h2-9H,11H2,1H3/b17-9+. The number of nitro groups is 1. The second-order valence-corrected chi connectivity index (χ2v) is 6.72. The summed E-state index contributed by atoms with van der Waals surface area (Å²) in [7, 11) is 1.33. The van der Waals surface area contributed by atoms with Crippen molar-refractivity contribution < 1.29 is 19.2 Å². The third kappa shape index (κ3) is 3.72. The number of nitro benzene ring substituents is 1. The number of hydrogen-bond donors (Lipinski definition) is 0. The Morgan fingerprint density at radius 3 is 2.71 bits per heavy atom. The van der Waals surface area contributed by atoms with Crippen LogP contribution in [0.4, 0.5) is 10.5 Å². The number of carbonyl (C=O) groups excluding carboxylic acids is 2. The molecule has 0 saturated carbocycles. The minimum absolute atomic E-state index is 0.0193. The smallest absolute Gasteiger partial charge is 0.311 e. The third-order valence-corrected chi connectivity index (χ3v) is 4.94. The molecule has 0 bridgehead atoms. The van der Waals surface area contributed by atoms with Crippen LogP contribution in [0.25, 0.3) is 6.08 Å². The van der Waals surface area contributed by atoms with Crippen molar-refractivity contribution in [2.45, 2.75) is 6.54 Å². The van der Waals surface area contributed by atoms with E-state index in [1.54, 1.807) is 30.3 Å². The number of nitriles is 1. The van der Waals surface area contributed by atoms with Crippen LogP contribution in [0.5, 0.6) is 5.75 Å². The van der Waals surface area contributed by atoms with Gasteiger partial charge in [0.25, 0.3) is 11.1 Å². The fraction of sp³-hybridized carbons (Fsp3) is 0.105. The van der Waals surface area contributed by atoms with Crippen LogP contribution < -0.4 is 4.74 Å². The lowest BCUT2D eigenvalue weighted by molar-refractivity contribution is -0.385. The van der Waals surface area contributed by atoms with Gasteiger partial charge < -0.3 is 4.74 Å². The highest BCUT2D eigenvalue weighted by Gasteiger charge is 2.35. The Morgan fingerprint density at radius 1 is 1.29 bits per heavy atom. The third-order valence-electron chi connectivity index (χ3n) is 4.04. The molecule has 1 aliphatic rings. The van der Waals surface area contributed by atoms with Crippen LogP contribution in [-0.2, 0) is 11.3 Å². The van der Waals surface area contributed by atoms with E-state index in [0.717, 1.165) is 16.7 Å². The van der Waals surface area contributed by atoms with Gasteiger partial charge in [-0.15, -0.1) is 0 Å². The number of carbonyl (C=O) groups is 2. The molecule has 0 aliphatic carbocycles. The Morgan fingerprint density at radius 2 is 2.04 bits per heavy atom. The molecule has 1 aliphatic heterocycles. The first-order chi connectivity index (χ1) is 13.4. The molecule has 3 rings (SSSR count). The number of ether oxygens (including phenoxy) is 1. The van der Waals surface area contributed by atoms with Crippen molar-refractivity contribution in [1.82, 2.24) is 4.90 Å². The summed E-state index contributed by atoms with van der Waals surface area (Å²) in [5.74, 6) is -0.412. The Labute approximate surface area is 164 Å². The van der Waals surface area contributed by atoms with Crippen LogP contribution in [0.2, 0.25) is 0 Å². The average molecular weight is 395 g/mol. The monoisotopic (exact) mass is 395 g/mol. The lowest BCUT2D eigenvalue weighted by Gasteiger charge is -2.13. The summed E-state index contributed by atoms with van der Waals surface area (Å²) in [4.78, 5) is 36.7. The van der Waals surface area contributed by atoms with E-state index in [1.807, 2.05) is 6.07 Å². The molecule has 0 spiro atoms. The van der Waals surface area contributed by atoms with Crippen LogP contribution >= 0.6 is 11.8 Å². The van der Waals surface area contributed by atoms with Gasteiger partial charge in [-0.25, -0.2) is 0 Å². The zero-order chi connectivity index (χ0) is 20.3. The number of methoxy groups -OCH3 is 1. The van der Waals surface area contributed by atoms with Crippen molar-refractivity contribution >= 4 is 34.7 Å². The summed E-state index contributed by atoms with van der Waals surface area (Å²) in [6, 6.07) is 13.0. The maximum absolute atomic E-state index is 12.6. The van der Waals surface area contributed by atoms with E-state index >= 15 is 0 Å². The summed E-state index contributed by atoms with van der Waals surface area (Å²) in [6.07, 6.45) is 1.42. The Hall–Kier alpha value is -3.64. The second kappa shape index (κ2) is 7.94. The predicted molar refractivity (Wildman–Crippen MR) is 102 cm³/mol. The van der Waals surface area contributed by atoms with Crippen molar-refractivity contribution in [3.8, 4) is 11.8 Å². The molecule has 0 unspecified atom stereocenters. The first-order valence-electron chi connectivity index (χ1n) is 8.00. The first-order valence-corrected chi connectivity index (χ1v) is 8.82. The minimum atomic E-state index is -0.583. The van der Waals surface area contributed by atoms with Crippen molar-refractivity contribution in [1.29, 1.82) is 5.26 Å². The predicted octanol–water partition coefficient (Wildman–Crippen LogP) is 3.71. The Balaban J connectivity index is 1.88. The maximum Gasteiger partial charge on any atom is 0.311 e. The van der Waals surface area contributed by atoms with Crippen molar-refractivity contribution in [3.05, 3.63) is 74.2 Å². The normalized spacial score (nSPS) is 15.0. The van der Waals surface area contributed by atoms with Gasteiger partial charge in [-0.3, -0.25) is 24.6 Å². The van der Waals surface area contributed by atoms with E-state index in [0.29, 0.717) is 16.7 Å². The van der Waals surface area contributed by atoms with Gasteiger partial charge >= 0.3 is 5.69 Å². The number of nitrogens with zero attached hydrogens (tertiary/aromatic N) is 3. The molecule has 2 aromatic rings. The first kappa shape index (κ1) is 19.1. The van der Waals surface area contributed by atoms with Crippen molar-refractivity contribution in [2.24, 2.45) is 0 Å². The van der Waals surface area contributed by atoms with Gasteiger partial charge in [0.2, 0.25) is 0 Å². The molecule has 0 atom stereocenters. The van der Waals surface area contributed by atoms with Gasteiger partial charge in [-0.05, 0) is 41.1 Å². The minimum Gasteiger partial charge on any atom is -0.490 e. The highest BCUT2D eigenvalue weighted by atomic mass is 32.2. The zero-order valence-corrected chi connectivity index (χ0v) is 15.4. The van der Waals surface area contributed by atoms with E-state index in [2.05, 4.69) is 0 Å². The average Bonchev–Trinajstić information content (AvgIpc) is 2.95. The number of imide groups is 1. The van der Waals surface area contributed by atoms with E-state index in [-0.39, 0.29) is 22.9 Å². The quantitative estimate of drug-likeness (QED) is 0.431. The molecular formula is C19H13N3O5S. The summed E-state index contributed by atoms with van der Waals surface area (Å²) >= 11 is 0.748. The van der Waals surface area contributed by atoms with Gasteiger partial charge in [-0.1, -0.05) is 24.3 Å². The molecule has 1 fully saturated rings. The summed E-state index contributed by atoms with van der Waals surface area (Å²) < 4.78 is 4.95. The molecular weight excluding hydrogens is 382 g/mol. The Bertz CT molecular complexity index is 1060. The second-order valence-electron chi connectivity index (χ2n) is 5.73. The highest BCUT2D eigenvalue weighted by molar-refractivity contribution is 8.18. The molecule has 1 heterocycles. The molecule has 1 saturated heterocycles. The summed E-state index contributed by atoms with van der Waals surface area (Å²) in [6.45, 7) is -0.0193. The highest BCUT2D eigenvalue weighted by Crippen LogP contribution is 2.35. The van der Waals surface area contributed by atoms with Gasteiger partial charge in [0.05, 0.1) is 35.1 Å². The Kier molecular flexibility index (Phi) is 5.42. The van der Waals surface area contributed by atoms with Gasteiger partial charge in [0, 0.05) is 6.07 Å². The molecule has 28 heavy (non-hydrogen) atoms. The summed E-state index contributed by atoms with van der Waals surface area (Å²) in [5, 5.41) is 19.8. The van der Waals surface area contributed by atoms with Crippen LogP contribution in [0.15, 0.2) is 47.4 Å². The van der Waals surface area contributed by atoms with Crippen LogP contribution in [-0.4, -0.2) is 28.1 Å². The van der Waals surface area contributed by atoms with Crippen molar-refractivity contribution in [2.75, 3.05) is 7.11 Å². The number of amides is 2. The molecule has 140 valence electrons. The number of thioether (sulfide) groups is 1. The number of hydrogen-bond acceptors (Lipinski definition) is 7. The molecule has 2 aromatic carbocycles. The van der Waals surface area contributed by atoms with Gasteiger partial charge in [-0.2, -0.15) is 5.26 Å². The SMILES string of the molecule is COc1ccc(/C=C2/SC(=O)N(Cc3ccccc3C#N)C2=O)cc1[N+](=O)[O-]. The summed E-state index contributed by atoms with van der Waals surface area (Å²) in [5.41, 5.74) is 1.11. The fourth-order valence-corrected chi connectivity index (χ4v) is 3.50. The number of benzene rings is 2. The lowest BCUT2D eigenvalue weighted by atomic mass is 10.1. The molecule has 0 aromatic heterocycles. The van der Waals surface area contributed by atoms with Gasteiger partial charge in [0.1, 0.15) is 0 Å². The van der Waals surface area contributed by atoms with Gasteiger partial charge in [0.15, 0.2) is 5.75 Å². The number of rotatable bonds is 5. The molecule has 9 heteroatoms. The topological polar surface area (TPSA) is 114 Å². The van der Waals surface area contributed by atoms with Crippen molar-refractivity contribution in [3.63, 3.8) is 0 Å².